The number of anilines is 2. The van der Waals surface area contributed by atoms with Crippen molar-refractivity contribution in [3.63, 3.8) is 0 Å². The topological polar surface area (TPSA) is 144 Å². The van der Waals surface area contributed by atoms with Crippen molar-refractivity contribution in [2.75, 3.05) is 40.9 Å². The molecular weight excluding hydrogens is 552 g/mol. The summed E-state index contributed by atoms with van der Waals surface area (Å²) in [5.74, 6) is 2.79. The highest BCUT2D eigenvalue weighted by Crippen LogP contribution is 2.43. The number of benzene rings is 3. The Morgan fingerprint density at radius 2 is 1.56 bits per heavy atom. The summed E-state index contributed by atoms with van der Waals surface area (Å²) in [5, 5.41) is 19.0. The van der Waals surface area contributed by atoms with Crippen LogP contribution in [0.2, 0.25) is 0 Å². The van der Waals surface area contributed by atoms with E-state index in [0.717, 1.165) is 11.3 Å². The standard InChI is InChI=1S/C31H30N6O6/c1-39-23-11-8-19(12-24(23)40-2)31(38)33-16-18-6-9-22(10-7-18)35-30-27(36-29-21(15-32)17-34-37(29)30)20-13-25(41-3)28(43-5)26(14-20)42-4/h6-14,17,34-35H,16H2,1-5H3,(H,33,38). The van der Waals surface area contributed by atoms with Crippen LogP contribution in [0.1, 0.15) is 21.5 Å². The summed E-state index contributed by atoms with van der Waals surface area (Å²) < 4.78 is 28.8. The van der Waals surface area contributed by atoms with Gasteiger partial charge in [0.1, 0.15) is 17.3 Å². The van der Waals surface area contributed by atoms with Gasteiger partial charge in [-0.2, -0.15) is 5.26 Å². The molecule has 0 bridgehead atoms. The van der Waals surface area contributed by atoms with E-state index < -0.39 is 0 Å². The molecule has 0 saturated heterocycles. The first-order valence-corrected chi connectivity index (χ1v) is 13.1. The summed E-state index contributed by atoms with van der Waals surface area (Å²) in [4.78, 5) is 17.5. The number of aromatic amines is 1. The number of amides is 1. The molecule has 220 valence electrons. The molecule has 0 fully saturated rings. The second-order valence-corrected chi connectivity index (χ2v) is 9.26. The molecule has 1 amide bonds. The zero-order chi connectivity index (χ0) is 30.5. The number of nitriles is 1. The summed E-state index contributed by atoms with van der Waals surface area (Å²) in [7, 11) is 7.70. The lowest BCUT2D eigenvalue weighted by Crippen LogP contribution is -2.22. The zero-order valence-corrected chi connectivity index (χ0v) is 24.3. The summed E-state index contributed by atoms with van der Waals surface area (Å²) in [6, 6.07) is 18.4. The largest absolute Gasteiger partial charge is 0.493 e. The minimum absolute atomic E-state index is 0.236. The van der Waals surface area contributed by atoms with Crippen LogP contribution in [0.15, 0.2) is 60.8 Å². The number of hydrogen-bond donors (Lipinski definition) is 3. The third-order valence-electron chi connectivity index (χ3n) is 6.83. The lowest BCUT2D eigenvalue weighted by Gasteiger charge is -2.14. The van der Waals surface area contributed by atoms with Gasteiger partial charge in [0.25, 0.3) is 5.91 Å². The molecule has 12 nitrogen and oxygen atoms in total. The van der Waals surface area contributed by atoms with E-state index in [1.54, 1.807) is 62.4 Å². The van der Waals surface area contributed by atoms with E-state index in [1.165, 1.54) is 14.2 Å². The predicted molar refractivity (Wildman–Crippen MR) is 160 cm³/mol. The normalized spacial score (nSPS) is 10.6. The molecular formula is C31H30N6O6. The van der Waals surface area contributed by atoms with Crippen molar-refractivity contribution in [3.05, 3.63) is 77.5 Å². The number of carbonyl (C=O) groups is 1. The Morgan fingerprint density at radius 3 is 2.16 bits per heavy atom. The van der Waals surface area contributed by atoms with E-state index in [0.29, 0.717) is 69.1 Å². The minimum atomic E-state index is -0.236. The molecule has 5 rings (SSSR count). The van der Waals surface area contributed by atoms with Crippen LogP contribution >= 0.6 is 0 Å². The molecule has 2 aromatic heterocycles. The molecule has 5 aromatic rings. The summed E-state index contributed by atoms with van der Waals surface area (Å²) in [6.45, 7) is 0.323. The molecule has 3 aromatic carbocycles. The van der Waals surface area contributed by atoms with Gasteiger partial charge in [-0.15, -0.1) is 0 Å². The highest BCUT2D eigenvalue weighted by atomic mass is 16.5. The molecule has 0 atom stereocenters. The summed E-state index contributed by atoms with van der Waals surface area (Å²) in [5.41, 5.74) is 4.22. The maximum absolute atomic E-state index is 12.7. The third-order valence-corrected chi connectivity index (χ3v) is 6.83. The smallest absolute Gasteiger partial charge is 0.251 e. The average Bonchev–Trinajstić information content (AvgIpc) is 3.62. The monoisotopic (exact) mass is 582 g/mol. The van der Waals surface area contributed by atoms with Crippen molar-refractivity contribution in [2.45, 2.75) is 6.54 Å². The minimum Gasteiger partial charge on any atom is -0.493 e. The fourth-order valence-electron chi connectivity index (χ4n) is 4.64. The van der Waals surface area contributed by atoms with Crippen LogP contribution in [0.4, 0.5) is 11.5 Å². The highest BCUT2D eigenvalue weighted by molar-refractivity contribution is 5.94. The number of methoxy groups -OCH3 is 5. The van der Waals surface area contributed by atoms with Crippen molar-refractivity contribution in [1.29, 1.82) is 5.26 Å². The molecule has 3 N–H and O–H groups in total. The molecule has 0 aliphatic rings. The van der Waals surface area contributed by atoms with Gasteiger partial charge in [0.15, 0.2) is 34.5 Å². The molecule has 0 radical (unpaired) electrons. The van der Waals surface area contributed by atoms with E-state index >= 15 is 0 Å². The van der Waals surface area contributed by atoms with E-state index in [-0.39, 0.29) is 5.91 Å². The number of nitrogens with zero attached hydrogens (tertiary/aromatic N) is 3. The van der Waals surface area contributed by atoms with Gasteiger partial charge < -0.3 is 34.3 Å². The first kappa shape index (κ1) is 28.7. The Morgan fingerprint density at radius 1 is 0.884 bits per heavy atom. The van der Waals surface area contributed by atoms with Crippen LogP contribution in [-0.2, 0) is 6.54 Å². The lowest BCUT2D eigenvalue weighted by molar-refractivity contribution is 0.0950. The van der Waals surface area contributed by atoms with Gasteiger partial charge in [-0.05, 0) is 48.0 Å². The fraction of sp³-hybridized carbons (Fsp3) is 0.194. The number of nitrogens with one attached hydrogen (secondary N) is 3. The fourth-order valence-corrected chi connectivity index (χ4v) is 4.64. The van der Waals surface area contributed by atoms with Crippen LogP contribution in [0.3, 0.4) is 0 Å². The number of ether oxygens (including phenoxy) is 5. The molecule has 0 spiro atoms. The van der Waals surface area contributed by atoms with Gasteiger partial charge in [-0.25, -0.2) is 9.50 Å². The van der Waals surface area contributed by atoms with Crippen LogP contribution in [0.5, 0.6) is 28.7 Å². The van der Waals surface area contributed by atoms with Gasteiger partial charge in [0.2, 0.25) is 5.75 Å². The Balaban J connectivity index is 1.40. The average molecular weight is 583 g/mol. The first-order valence-electron chi connectivity index (χ1n) is 13.1. The van der Waals surface area contributed by atoms with Gasteiger partial charge in [-0.1, -0.05) is 12.1 Å². The number of fused-ring (bicyclic) bond motifs is 1. The molecule has 43 heavy (non-hydrogen) atoms. The second-order valence-electron chi connectivity index (χ2n) is 9.26. The molecule has 0 unspecified atom stereocenters. The molecule has 12 heteroatoms. The van der Waals surface area contributed by atoms with Crippen LogP contribution in [0, 0.1) is 11.3 Å². The Labute approximate surface area is 247 Å². The SMILES string of the molecule is COc1ccc(C(=O)NCc2ccc(Nc3c(-c4cc(OC)c(OC)c(OC)c4)nc4c(C#N)c[nH]n34)cc2)cc1OC. The first-order chi connectivity index (χ1) is 20.9. The van der Waals surface area contributed by atoms with Crippen LogP contribution < -0.4 is 34.3 Å². The zero-order valence-electron chi connectivity index (χ0n) is 24.3. The number of imidazole rings is 1. The van der Waals surface area contributed by atoms with E-state index in [9.17, 15) is 10.1 Å². The van der Waals surface area contributed by atoms with Crippen molar-refractivity contribution < 1.29 is 28.5 Å². The maximum atomic E-state index is 12.7. The highest BCUT2D eigenvalue weighted by Gasteiger charge is 2.22. The summed E-state index contributed by atoms with van der Waals surface area (Å²) >= 11 is 0. The second kappa shape index (κ2) is 12.4. The number of H-pyrrole nitrogens is 1. The number of rotatable bonds is 11. The number of hydrogen-bond acceptors (Lipinski definition) is 9. The Hall–Kier alpha value is -5.83. The van der Waals surface area contributed by atoms with Gasteiger partial charge in [0, 0.05) is 29.6 Å². The molecule has 0 saturated carbocycles. The third kappa shape index (κ3) is 5.56. The van der Waals surface area contributed by atoms with Gasteiger partial charge in [0.05, 0.1) is 35.5 Å². The van der Waals surface area contributed by atoms with Crippen molar-refractivity contribution >= 4 is 23.1 Å². The number of aromatic nitrogens is 3. The van der Waals surface area contributed by atoms with Crippen LogP contribution in [-0.4, -0.2) is 56.1 Å². The Bertz CT molecular complexity index is 1790. The molecule has 2 heterocycles. The van der Waals surface area contributed by atoms with Crippen LogP contribution in [0.25, 0.3) is 16.9 Å². The quantitative estimate of drug-likeness (QED) is 0.198. The lowest BCUT2D eigenvalue weighted by atomic mass is 10.1. The molecule has 0 aliphatic heterocycles. The van der Waals surface area contributed by atoms with E-state index in [1.807, 2.05) is 24.3 Å². The van der Waals surface area contributed by atoms with E-state index in [2.05, 4.69) is 21.8 Å². The van der Waals surface area contributed by atoms with Gasteiger partial charge in [-0.3, -0.25) is 9.89 Å². The van der Waals surface area contributed by atoms with Crippen molar-refractivity contribution in [3.8, 4) is 46.1 Å². The van der Waals surface area contributed by atoms with Gasteiger partial charge >= 0.3 is 0 Å². The van der Waals surface area contributed by atoms with Crippen molar-refractivity contribution in [1.82, 2.24) is 19.9 Å². The predicted octanol–water partition coefficient (Wildman–Crippen LogP) is 4.92. The van der Waals surface area contributed by atoms with Crippen molar-refractivity contribution in [2.24, 2.45) is 0 Å². The summed E-state index contributed by atoms with van der Waals surface area (Å²) in [6.07, 6.45) is 1.59. The number of carbonyl (C=O) groups excluding carboxylic acids is 1. The van der Waals surface area contributed by atoms with E-state index in [4.69, 9.17) is 28.7 Å². The maximum Gasteiger partial charge on any atom is 0.251 e. The Kier molecular flexibility index (Phi) is 8.25. The molecule has 0 aliphatic carbocycles.